The lowest BCUT2D eigenvalue weighted by Crippen LogP contribution is -1.74. The number of rotatable bonds is 0. The molecule has 1 saturated heterocycles. The summed E-state index contributed by atoms with van der Waals surface area (Å²) in [6.45, 7) is 2.00. The minimum Gasteiger partial charge on any atom is -0.381 e. The Morgan fingerprint density at radius 3 is 1.71 bits per heavy atom. The molecule has 1 aliphatic rings. The summed E-state index contributed by atoms with van der Waals surface area (Å²) in [4.78, 5) is 0. The molecule has 0 atom stereocenters. The molecule has 3 heteroatoms. The van der Waals surface area contributed by atoms with Gasteiger partial charge in [0, 0.05) is 27.5 Å². The van der Waals surface area contributed by atoms with Crippen molar-refractivity contribution in [2.75, 3.05) is 13.2 Å². The monoisotopic (exact) mass is 356 g/mol. The average Bonchev–Trinajstić information content (AvgIpc) is 2.88. The average molecular weight is 358 g/mol. The highest BCUT2D eigenvalue weighted by molar-refractivity contribution is 9.11. The maximum absolute atomic E-state index is 4.94. The van der Waals surface area contributed by atoms with Crippen LogP contribution in [0.5, 0.6) is 0 Å². The van der Waals surface area contributed by atoms with E-state index in [1.54, 1.807) is 0 Å². The lowest BCUT2D eigenvalue weighted by Gasteiger charge is -2.01. The fraction of sp³-hybridized carbons (Fsp3) is 0.286. The summed E-state index contributed by atoms with van der Waals surface area (Å²) in [5.74, 6) is 0. The van der Waals surface area contributed by atoms with Crippen molar-refractivity contribution in [2.45, 2.75) is 12.8 Å². The van der Waals surface area contributed by atoms with E-state index in [0.29, 0.717) is 0 Å². The zero-order valence-corrected chi connectivity index (χ0v) is 12.6. The van der Waals surface area contributed by atoms with E-state index >= 15 is 0 Å². The summed E-state index contributed by atoms with van der Waals surface area (Å²) in [5, 5.41) is 2.48. The first-order chi connectivity index (χ1) is 8.29. The van der Waals surface area contributed by atoms with Crippen molar-refractivity contribution < 1.29 is 4.74 Å². The third-order valence-corrected chi connectivity index (χ3v) is 3.95. The third kappa shape index (κ3) is 3.54. The smallest absolute Gasteiger partial charge is 0.0466 e. The maximum atomic E-state index is 4.94. The van der Waals surface area contributed by atoms with E-state index in [1.807, 2.05) is 24.3 Å². The van der Waals surface area contributed by atoms with Gasteiger partial charge in [0.15, 0.2) is 0 Å². The van der Waals surface area contributed by atoms with E-state index in [1.165, 1.54) is 23.6 Å². The molecular formula is C14H14Br2O. The first kappa shape index (κ1) is 13.1. The van der Waals surface area contributed by atoms with Gasteiger partial charge in [0.2, 0.25) is 0 Å². The quantitative estimate of drug-likeness (QED) is 0.632. The predicted molar refractivity (Wildman–Crippen MR) is 79.4 cm³/mol. The third-order valence-electron chi connectivity index (χ3n) is 2.63. The van der Waals surface area contributed by atoms with Crippen LogP contribution in [0.1, 0.15) is 12.8 Å². The fourth-order valence-electron chi connectivity index (χ4n) is 1.76. The van der Waals surface area contributed by atoms with E-state index in [4.69, 9.17) is 4.74 Å². The molecule has 0 radical (unpaired) electrons. The van der Waals surface area contributed by atoms with Crippen LogP contribution in [0.2, 0.25) is 0 Å². The van der Waals surface area contributed by atoms with Gasteiger partial charge < -0.3 is 4.74 Å². The Morgan fingerprint density at radius 1 is 0.824 bits per heavy atom. The van der Waals surface area contributed by atoms with E-state index in [-0.39, 0.29) is 0 Å². The summed E-state index contributed by atoms with van der Waals surface area (Å²) < 4.78 is 7.21. The molecule has 1 heterocycles. The van der Waals surface area contributed by atoms with Crippen molar-refractivity contribution in [3.8, 4) is 0 Å². The summed E-state index contributed by atoms with van der Waals surface area (Å²) in [6, 6.07) is 12.4. The topological polar surface area (TPSA) is 9.23 Å². The minimum atomic E-state index is 1.00. The first-order valence-electron chi connectivity index (χ1n) is 5.69. The van der Waals surface area contributed by atoms with Crippen molar-refractivity contribution in [3.05, 3.63) is 45.3 Å². The van der Waals surface area contributed by atoms with Gasteiger partial charge in [-0.15, -0.1) is 0 Å². The van der Waals surface area contributed by atoms with Crippen LogP contribution in [0.3, 0.4) is 0 Å². The van der Waals surface area contributed by atoms with Gasteiger partial charge in [0.25, 0.3) is 0 Å². The number of hydrogen-bond acceptors (Lipinski definition) is 1. The molecule has 0 saturated carbocycles. The molecule has 0 spiro atoms. The number of benzene rings is 2. The summed E-state index contributed by atoms with van der Waals surface area (Å²) in [5.41, 5.74) is 0. The summed E-state index contributed by atoms with van der Waals surface area (Å²) in [6.07, 6.45) is 2.56. The number of hydrogen-bond donors (Lipinski definition) is 0. The Morgan fingerprint density at radius 2 is 1.35 bits per heavy atom. The summed E-state index contributed by atoms with van der Waals surface area (Å²) in [7, 11) is 0. The van der Waals surface area contributed by atoms with Crippen molar-refractivity contribution in [1.29, 1.82) is 0 Å². The fourth-order valence-corrected chi connectivity index (χ4v) is 3.22. The maximum Gasteiger partial charge on any atom is 0.0466 e. The zero-order valence-electron chi connectivity index (χ0n) is 9.46. The molecule has 0 aromatic heterocycles. The number of ether oxygens (including phenoxy) is 1. The SMILES string of the molecule is Brc1cccc2cccc(Br)c12.C1CCOC1. The van der Waals surface area contributed by atoms with Gasteiger partial charge in [-0.25, -0.2) is 0 Å². The van der Waals surface area contributed by atoms with Gasteiger partial charge in [0.05, 0.1) is 0 Å². The molecule has 0 N–H and O–H groups in total. The highest BCUT2D eigenvalue weighted by atomic mass is 79.9. The second kappa shape index (κ2) is 6.53. The van der Waals surface area contributed by atoms with Crippen LogP contribution in [0.15, 0.2) is 45.3 Å². The molecule has 2 aromatic rings. The van der Waals surface area contributed by atoms with Crippen LogP contribution >= 0.6 is 31.9 Å². The van der Waals surface area contributed by atoms with Gasteiger partial charge in [0.1, 0.15) is 0 Å². The van der Waals surface area contributed by atoms with Gasteiger partial charge in [-0.2, -0.15) is 0 Å². The minimum absolute atomic E-state index is 1.00. The van der Waals surface area contributed by atoms with Crippen LogP contribution in [-0.4, -0.2) is 13.2 Å². The van der Waals surface area contributed by atoms with Crippen molar-refractivity contribution in [2.24, 2.45) is 0 Å². The van der Waals surface area contributed by atoms with E-state index < -0.39 is 0 Å². The van der Waals surface area contributed by atoms with Crippen LogP contribution < -0.4 is 0 Å². The first-order valence-corrected chi connectivity index (χ1v) is 7.28. The number of fused-ring (bicyclic) bond motifs is 1. The molecule has 1 nitrogen and oxygen atoms in total. The molecule has 0 amide bonds. The number of halogens is 2. The molecule has 3 rings (SSSR count). The Balaban J connectivity index is 0.000000181. The second-order valence-electron chi connectivity index (χ2n) is 3.90. The standard InChI is InChI=1S/C10H6Br2.C4H8O/c11-8-5-1-3-7-4-2-6-9(12)10(7)8;1-2-4-5-3-1/h1-6H;1-4H2. The van der Waals surface area contributed by atoms with Gasteiger partial charge in [-0.05, 0) is 30.4 Å². The van der Waals surface area contributed by atoms with Crippen molar-refractivity contribution >= 4 is 42.6 Å². The van der Waals surface area contributed by atoms with Crippen LogP contribution in [0.4, 0.5) is 0 Å². The molecule has 17 heavy (non-hydrogen) atoms. The lowest BCUT2D eigenvalue weighted by atomic mass is 10.1. The second-order valence-corrected chi connectivity index (χ2v) is 5.61. The molecule has 90 valence electrons. The molecule has 0 unspecified atom stereocenters. The molecule has 0 bridgehead atoms. The summed E-state index contributed by atoms with van der Waals surface area (Å²) >= 11 is 7.04. The van der Waals surface area contributed by atoms with Crippen LogP contribution in [0, 0.1) is 0 Å². The van der Waals surface area contributed by atoms with Gasteiger partial charge >= 0.3 is 0 Å². The lowest BCUT2D eigenvalue weighted by molar-refractivity contribution is 0.198. The highest BCUT2D eigenvalue weighted by Gasteiger charge is 2.00. The largest absolute Gasteiger partial charge is 0.381 e. The molecule has 2 aromatic carbocycles. The molecule has 0 aliphatic carbocycles. The predicted octanol–water partition coefficient (Wildman–Crippen LogP) is 5.16. The van der Waals surface area contributed by atoms with E-state index in [2.05, 4.69) is 44.0 Å². The highest BCUT2D eigenvalue weighted by Crippen LogP contribution is 2.30. The van der Waals surface area contributed by atoms with Gasteiger partial charge in [-0.3, -0.25) is 0 Å². The van der Waals surface area contributed by atoms with Crippen LogP contribution in [-0.2, 0) is 4.74 Å². The van der Waals surface area contributed by atoms with Crippen molar-refractivity contribution in [1.82, 2.24) is 0 Å². The zero-order chi connectivity index (χ0) is 12.1. The van der Waals surface area contributed by atoms with Crippen LogP contribution in [0.25, 0.3) is 10.8 Å². The normalized spacial score (nSPS) is 14.5. The van der Waals surface area contributed by atoms with Gasteiger partial charge in [-0.1, -0.05) is 56.1 Å². The Hall–Kier alpha value is -0.380. The van der Waals surface area contributed by atoms with E-state index in [9.17, 15) is 0 Å². The molecule has 1 fully saturated rings. The van der Waals surface area contributed by atoms with E-state index in [0.717, 1.165) is 22.2 Å². The molecular weight excluding hydrogens is 344 g/mol. The Bertz CT molecular complexity index is 448. The van der Waals surface area contributed by atoms with Crippen molar-refractivity contribution in [3.63, 3.8) is 0 Å². The Labute approximate surface area is 118 Å². The Kier molecular flexibility index (Phi) is 5.01. The molecule has 1 aliphatic heterocycles.